The van der Waals surface area contributed by atoms with E-state index in [0.29, 0.717) is 12.8 Å². The number of rotatable bonds is 5. The van der Waals surface area contributed by atoms with Crippen molar-refractivity contribution in [1.82, 2.24) is 0 Å². The van der Waals surface area contributed by atoms with Crippen molar-refractivity contribution in [1.29, 1.82) is 0 Å². The van der Waals surface area contributed by atoms with Crippen LogP contribution in [0, 0.1) is 12.3 Å². The minimum Gasteiger partial charge on any atom is -0.447 e. The Hall–Kier alpha value is -1.64. The molecule has 0 saturated carbocycles. The summed E-state index contributed by atoms with van der Waals surface area (Å²) < 4.78 is 4.89. The van der Waals surface area contributed by atoms with Crippen LogP contribution < -0.4 is 0 Å². The molecule has 1 saturated heterocycles. The zero-order valence-electron chi connectivity index (χ0n) is 11.0. The average molecular weight is 246 g/mol. The maximum Gasteiger partial charge on any atom is 0.348 e. The van der Waals surface area contributed by atoms with Gasteiger partial charge in [-0.15, -0.1) is 0 Å². The van der Waals surface area contributed by atoms with Crippen molar-refractivity contribution in [2.75, 3.05) is 0 Å². The summed E-state index contributed by atoms with van der Waals surface area (Å²) in [6.45, 7) is 5.92. The van der Waals surface area contributed by atoms with Gasteiger partial charge in [-0.3, -0.25) is 4.79 Å². The number of Topliss-reactive ketones (excluding diaryl/α,β-unsaturated/α-hetero) is 1. The van der Waals surface area contributed by atoms with Crippen LogP contribution in [0.4, 0.5) is 0 Å². The summed E-state index contributed by atoms with van der Waals surface area (Å²) in [5.41, 5.74) is 1.63. The maximum absolute atomic E-state index is 12.0. The highest BCUT2D eigenvalue weighted by molar-refractivity contribution is 5.96. The fourth-order valence-corrected chi connectivity index (χ4v) is 2.01. The molecule has 1 aliphatic heterocycles. The lowest BCUT2D eigenvalue weighted by molar-refractivity contribution is -0.117. The van der Waals surface area contributed by atoms with Gasteiger partial charge in [-0.25, -0.2) is 4.79 Å². The third-order valence-electron chi connectivity index (χ3n) is 3.47. The highest BCUT2D eigenvalue weighted by Crippen LogP contribution is 2.37. The molecule has 1 heterocycles. The van der Waals surface area contributed by atoms with E-state index in [-0.39, 0.29) is 23.3 Å². The molecule has 0 bridgehead atoms. The molecule has 1 aromatic rings. The van der Waals surface area contributed by atoms with Gasteiger partial charge in [-0.1, -0.05) is 43.7 Å². The first-order chi connectivity index (χ1) is 8.40. The van der Waals surface area contributed by atoms with Crippen molar-refractivity contribution in [2.45, 2.75) is 39.7 Å². The van der Waals surface area contributed by atoms with Gasteiger partial charge < -0.3 is 4.74 Å². The van der Waals surface area contributed by atoms with Crippen LogP contribution in [0.25, 0.3) is 0 Å². The van der Waals surface area contributed by atoms with Gasteiger partial charge in [-0.2, -0.15) is 0 Å². The Kier molecular flexibility index (Phi) is 3.24. The molecule has 0 radical (unpaired) electrons. The number of benzene rings is 1. The van der Waals surface area contributed by atoms with Crippen molar-refractivity contribution in [3.8, 4) is 0 Å². The predicted octanol–water partition coefficient (Wildman–Crippen LogP) is 2.91. The van der Waals surface area contributed by atoms with Crippen LogP contribution in [-0.2, 0) is 9.53 Å². The SMILES string of the molecule is Cc1ccc(C(=O)CCC(C)(C)C2OC2=O)cc1. The number of epoxide rings is 1. The summed E-state index contributed by atoms with van der Waals surface area (Å²) in [7, 11) is 0. The number of carbonyl (C=O) groups excluding carboxylic acids is 2. The van der Waals surface area contributed by atoms with Gasteiger partial charge in [0.1, 0.15) is 0 Å². The van der Waals surface area contributed by atoms with Gasteiger partial charge in [0.2, 0.25) is 6.10 Å². The van der Waals surface area contributed by atoms with E-state index in [1.54, 1.807) is 0 Å². The molecule has 3 nitrogen and oxygen atoms in total. The number of ether oxygens (including phenoxy) is 1. The summed E-state index contributed by atoms with van der Waals surface area (Å²) in [6.07, 6.45) is 0.794. The lowest BCUT2D eigenvalue weighted by atomic mass is 9.83. The molecule has 1 aliphatic rings. The largest absolute Gasteiger partial charge is 0.447 e. The third-order valence-corrected chi connectivity index (χ3v) is 3.47. The van der Waals surface area contributed by atoms with E-state index in [9.17, 15) is 9.59 Å². The summed E-state index contributed by atoms with van der Waals surface area (Å²) in [4.78, 5) is 23.0. The number of ketones is 1. The molecule has 0 aromatic heterocycles. The van der Waals surface area contributed by atoms with E-state index in [4.69, 9.17) is 4.74 Å². The Labute approximate surface area is 107 Å². The Bertz CT molecular complexity index is 471. The smallest absolute Gasteiger partial charge is 0.348 e. The Morgan fingerprint density at radius 3 is 2.33 bits per heavy atom. The molecule has 1 atom stereocenters. The van der Waals surface area contributed by atoms with Crippen molar-refractivity contribution >= 4 is 11.8 Å². The first kappa shape index (κ1) is 12.8. The van der Waals surface area contributed by atoms with Crippen molar-refractivity contribution in [3.63, 3.8) is 0 Å². The van der Waals surface area contributed by atoms with Crippen LogP contribution >= 0.6 is 0 Å². The Balaban J connectivity index is 1.92. The number of carbonyl (C=O) groups is 2. The monoisotopic (exact) mass is 246 g/mol. The van der Waals surface area contributed by atoms with Gasteiger partial charge in [0.15, 0.2) is 5.78 Å². The molecule has 96 valence electrons. The Morgan fingerprint density at radius 1 is 1.28 bits per heavy atom. The average Bonchev–Trinajstić information content (AvgIpc) is 3.05. The minimum atomic E-state index is -0.316. The molecule has 3 heteroatoms. The van der Waals surface area contributed by atoms with Gasteiger partial charge in [0.05, 0.1) is 0 Å². The van der Waals surface area contributed by atoms with E-state index in [1.807, 2.05) is 45.0 Å². The second-order valence-electron chi connectivity index (χ2n) is 5.59. The summed E-state index contributed by atoms with van der Waals surface area (Å²) in [6, 6.07) is 7.57. The molecule has 18 heavy (non-hydrogen) atoms. The van der Waals surface area contributed by atoms with E-state index >= 15 is 0 Å². The van der Waals surface area contributed by atoms with Crippen LogP contribution in [0.2, 0.25) is 0 Å². The van der Waals surface area contributed by atoms with Crippen molar-refractivity contribution < 1.29 is 14.3 Å². The molecule has 2 rings (SSSR count). The van der Waals surface area contributed by atoms with Crippen LogP contribution in [0.5, 0.6) is 0 Å². The van der Waals surface area contributed by atoms with E-state index in [0.717, 1.165) is 11.1 Å². The minimum absolute atomic E-state index is 0.121. The van der Waals surface area contributed by atoms with Gasteiger partial charge >= 0.3 is 5.97 Å². The fraction of sp³-hybridized carbons (Fsp3) is 0.467. The maximum atomic E-state index is 12.0. The first-order valence-electron chi connectivity index (χ1n) is 6.20. The summed E-state index contributed by atoms with van der Waals surface area (Å²) in [5.74, 6) is -0.0287. The molecule has 0 amide bonds. The molecule has 0 spiro atoms. The fourth-order valence-electron chi connectivity index (χ4n) is 2.01. The van der Waals surface area contributed by atoms with Gasteiger partial charge in [0.25, 0.3) is 0 Å². The molecule has 1 unspecified atom stereocenters. The summed E-state index contributed by atoms with van der Waals surface area (Å²) in [5, 5.41) is 0. The highest BCUT2D eigenvalue weighted by atomic mass is 16.6. The van der Waals surface area contributed by atoms with Crippen LogP contribution in [0.1, 0.15) is 42.6 Å². The normalized spacial score (nSPS) is 18.4. The third kappa shape index (κ3) is 2.78. The number of cyclic esters (lactones) is 1. The van der Waals surface area contributed by atoms with Crippen LogP contribution in [0.3, 0.4) is 0 Å². The number of aryl methyl sites for hydroxylation is 1. The Morgan fingerprint density at radius 2 is 1.83 bits per heavy atom. The standard InChI is InChI=1S/C15H18O3/c1-10-4-6-11(7-5-10)12(16)8-9-15(2,3)13-14(17)18-13/h4-7,13H,8-9H2,1-3H3. The van der Waals surface area contributed by atoms with E-state index in [1.165, 1.54) is 0 Å². The van der Waals surface area contributed by atoms with Crippen molar-refractivity contribution in [2.24, 2.45) is 5.41 Å². The lowest BCUT2D eigenvalue weighted by Gasteiger charge is -2.19. The van der Waals surface area contributed by atoms with Gasteiger partial charge in [0, 0.05) is 17.4 Å². The molecular weight excluding hydrogens is 228 g/mol. The molecule has 0 N–H and O–H groups in total. The van der Waals surface area contributed by atoms with Crippen LogP contribution in [0.15, 0.2) is 24.3 Å². The number of hydrogen-bond donors (Lipinski definition) is 0. The van der Waals surface area contributed by atoms with E-state index in [2.05, 4.69) is 0 Å². The molecule has 0 aliphatic carbocycles. The molecule has 1 aromatic carbocycles. The topological polar surface area (TPSA) is 46.7 Å². The van der Waals surface area contributed by atoms with Crippen LogP contribution in [-0.4, -0.2) is 17.9 Å². The van der Waals surface area contributed by atoms with Gasteiger partial charge in [-0.05, 0) is 13.3 Å². The zero-order valence-corrected chi connectivity index (χ0v) is 11.0. The quantitative estimate of drug-likeness (QED) is 0.593. The lowest BCUT2D eigenvalue weighted by Crippen LogP contribution is -2.21. The highest BCUT2D eigenvalue weighted by Gasteiger charge is 2.50. The van der Waals surface area contributed by atoms with E-state index < -0.39 is 0 Å². The summed E-state index contributed by atoms with van der Waals surface area (Å²) >= 11 is 0. The predicted molar refractivity (Wildman–Crippen MR) is 68.4 cm³/mol. The zero-order chi connectivity index (χ0) is 13.3. The first-order valence-corrected chi connectivity index (χ1v) is 6.20. The second-order valence-corrected chi connectivity index (χ2v) is 5.59. The molecule has 1 fully saturated rings. The second kappa shape index (κ2) is 4.56. The molecular formula is C15H18O3. The number of hydrogen-bond acceptors (Lipinski definition) is 3. The van der Waals surface area contributed by atoms with Crippen molar-refractivity contribution in [3.05, 3.63) is 35.4 Å².